The van der Waals surface area contributed by atoms with Gasteiger partial charge in [0.25, 0.3) is 0 Å². The molecule has 0 radical (unpaired) electrons. The van der Waals surface area contributed by atoms with Crippen molar-refractivity contribution in [1.29, 1.82) is 0 Å². The van der Waals surface area contributed by atoms with E-state index in [2.05, 4.69) is 13.8 Å². The van der Waals surface area contributed by atoms with Gasteiger partial charge in [0.15, 0.2) is 0 Å². The van der Waals surface area contributed by atoms with Crippen LogP contribution in [-0.2, 0) is 9.59 Å². The number of rotatable bonds is 31. The van der Waals surface area contributed by atoms with Crippen molar-refractivity contribution in [3.8, 4) is 0 Å². The Morgan fingerprint density at radius 3 is 0.975 bits per heavy atom. The van der Waals surface area contributed by atoms with Gasteiger partial charge in [0.2, 0.25) is 0 Å². The summed E-state index contributed by atoms with van der Waals surface area (Å²) < 4.78 is 0. The summed E-state index contributed by atoms with van der Waals surface area (Å²) in [7, 11) is 0. The molecule has 0 aromatic carbocycles. The fourth-order valence-corrected chi connectivity index (χ4v) is 8.01. The van der Waals surface area contributed by atoms with E-state index in [0.29, 0.717) is 0 Å². The van der Waals surface area contributed by atoms with E-state index in [1.165, 1.54) is 116 Å². The van der Waals surface area contributed by atoms with E-state index < -0.39 is 23.8 Å². The zero-order valence-corrected chi connectivity index (χ0v) is 28.4. The van der Waals surface area contributed by atoms with Crippen LogP contribution < -0.4 is 0 Å². The first-order valence-electron chi connectivity index (χ1n) is 17.0. The molecule has 0 aliphatic heterocycles. The monoisotopic (exact) mass is 602 g/mol. The van der Waals surface area contributed by atoms with Gasteiger partial charge in [-0.15, -0.1) is 0 Å². The van der Waals surface area contributed by atoms with Crippen molar-refractivity contribution < 1.29 is 19.8 Å². The summed E-state index contributed by atoms with van der Waals surface area (Å²) in [4.78, 5) is 23.6. The number of carbonyl (C=O) groups is 2. The highest BCUT2D eigenvalue weighted by molar-refractivity contribution is 8.00. The summed E-state index contributed by atoms with van der Waals surface area (Å²) in [5.41, 5.74) is 0. The van der Waals surface area contributed by atoms with Crippen LogP contribution in [0.25, 0.3) is 0 Å². The normalized spacial score (nSPS) is 14.6. The Morgan fingerprint density at radius 1 is 0.475 bits per heavy atom. The van der Waals surface area contributed by atoms with Crippen LogP contribution in [0, 0.1) is 11.8 Å². The molecule has 0 amide bonds. The zero-order valence-electron chi connectivity index (χ0n) is 26.8. The highest BCUT2D eigenvalue weighted by Crippen LogP contribution is 2.32. The maximum Gasteiger partial charge on any atom is 0.307 e. The van der Waals surface area contributed by atoms with Crippen LogP contribution in [0.3, 0.4) is 0 Å². The minimum atomic E-state index is -0.735. The average Bonchev–Trinajstić information content (AvgIpc) is 2.93. The highest BCUT2D eigenvalue weighted by Gasteiger charge is 2.28. The molecule has 0 saturated heterocycles. The molecule has 0 saturated carbocycles. The lowest BCUT2D eigenvalue weighted by Crippen LogP contribution is -2.28. The lowest BCUT2D eigenvalue weighted by molar-refractivity contribution is -0.142. The third-order valence-electron chi connectivity index (χ3n) is 8.29. The van der Waals surface area contributed by atoms with Crippen molar-refractivity contribution >= 4 is 35.5 Å². The van der Waals surface area contributed by atoms with E-state index >= 15 is 0 Å². The van der Waals surface area contributed by atoms with Gasteiger partial charge in [-0.25, -0.2) is 0 Å². The summed E-state index contributed by atoms with van der Waals surface area (Å²) in [6, 6.07) is 0. The van der Waals surface area contributed by atoms with Crippen LogP contribution >= 0.6 is 23.5 Å². The largest absolute Gasteiger partial charge is 0.481 e. The first-order valence-corrected chi connectivity index (χ1v) is 19.1. The second-order valence-corrected chi connectivity index (χ2v) is 14.7. The van der Waals surface area contributed by atoms with E-state index in [9.17, 15) is 19.8 Å². The van der Waals surface area contributed by atoms with E-state index in [0.717, 1.165) is 37.2 Å². The number of thioether (sulfide) groups is 2. The Labute approximate surface area is 257 Å². The molecule has 0 rings (SSSR count). The summed E-state index contributed by atoms with van der Waals surface area (Å²) in [6.07, 6.45) is 27.7. The topological polar surface area (TPSA) is 74.6 Å². The maximum absolute atomic E-state index is 11.8. The van der Waals surface area contributed by atoms with Gasteiger partial charge in [-0.1, -0.05) is 143 Å². The Balaban J connectivity index is 4.35. The van der Waals surface area contributed by atoms with Crippen LogP contribution in [-0.4, -0.2) is 44.2 Å². The molecule has 40 heavy (non-hydrogen) atoms. The minimum Gasteiger partial charge on any atom is -0.481 e. The van der Waals surface area contributed by atoms with Gasteiger partial charge in [-0.2, -0.15) is 23.5 Å². The van der Waals surface area contributed by atoms with Gasteiger partial charge in [0, 0.05) is 10.5 Å². The molecule has 0 fully saturated rings. The first kappa shape index (κ1) is 39.6. The van der Waals surface area contributed by atoms with Crippen LogP contribution in [0.2, 0.25) is 0 Å². The number of carboxylic acids is 2. The molecule has 0 aliphatic rings. The summed E-state index contributed by atoms with van der Waals surface area (Å²) >= 11 is 3.61. The van der Waals surface area contributed by atoms with Crippen LogP contribution in [0.4, 0.5) is 0 Å². The molecule has 0 bridgehead atoms. The molecule has 0 heterocycles. The molecule has 4 atom stereocenters. The Hall–Kier alpha value is -0.360. The fourth-order valence-electron chi connectivity index (χ4n) is 5.25. The molecule has 238 valence electrons. The number of carboxylic acid groups (broad SMARTS) is 2. The third-order valence-corrected chi connectivity index (χ3v) is 11.5. The Morgan fingerprint density at radius 2 is 0.725 bits per heavy atom. The van der Waals surface area contributed by atoms with Crippen LogP contribution in [0.15, 0.2) is 0 Å². The number of aliphatic carboxylic acids is 2. The molecule has 0 spiro atoms. The maximum atomic E-state index is 11.8. The average molecular weight is 603 g/mol. The number of hydrogen-bond donors (Lipinski definition) is 2. The van der Waals surface area contributed by atoms with Gasteiger partial charge < -0.3 is 10.2 Å². The van der Waals surface area contributed by atoms with Gasteiger partial charge in [-0.3, -0.25) is 9.59 Å². The Bertz CT molecular complexity index is 536. The molecule has 2 N–H and O–H groups in total. The number of hydrogen-bond acceptors (Lipinski definition) is 4. The molecular formula is C34H66O4S2. The zero-order chi connectivity index (χ0) is 29.8. The lowest BCUT2D eigenvalue weighted by atomic mass is 9.98. The third kappa shape index (κ3) is 23.2. The Kier molecular flexibility index (Phi) is 28.5. The first-order chi connectivity index (χ1) is 19.3. The summed E-state index contributed by atoms with van der Waals surface area (Å²) in [5.74, 6) is -0.266. The second-order valence-electron chi connectivity index (χ2n) is 12.0. The van der Waals surface area contributed by atoms with Crippen LogP contribution in [0.5, 0.6) is 0 Å². The molecule has 4 unspecified atom stereocenters. The fraction of sp³-hybridized carbons (Fsp3) is 0.941. The van der Waals surface area contributed by atoms with E-state index in [-0.39, 0.29) is 10.5 Å². The van der Waals surface area contributed by atoms with Crippen molar-refractivity contribution in [2.75, 3.05) is 11.5 Å². The summed E-state index contributed by atoms with van der Waals surface area (Å²) in [5, 5.41) is 19.5. The standard InChI is InChI=1S/C34H66O4S2/c1-5-7-9-11-13-15-17-19-21-23-27-39-31(29(3)33(35)36)25-26-32(30(4)34(37)38)40-28-24-22-20-18-16-14-12-10-8-6-2/h29-32H,5-28H2,1-4H3,(H,35,36)(H,37,38). The molecule has 4 nitrogen and oxygen atoms in total. The molecular weight excluding hydrogens is 537 g/mol. The van der Waals surface area contributed by atoms with Crippen molar-refractivity contribution in [3.63, 3.8) is 0 Å². The second kappa shape index (κ2) is 28.7. The summed E-state index contributed by atoms with van der Waals surface area (Å²) in [6.45, 7) is 8.16. The quantitative estimate of drug-likeness (QED) is 0.0769. The smallest absolute Gasteiger partial charge is 0.307 e. The van der Waals surface area contributed by atoms with Crippen molar-refractivity contribution in [2.45, 2.75) is 179 Å². The molecule has 0 aromatic rings. The van der Waals surface area contributed by atoms with E-state index in [1.807, 2.05) is 13.8 Å². The van der Waals surface area contributed by atoms with Crippen molar-refractivity contribution in [2.24, 2.45) is 11.8 Å². The predicted molar refractivity (Wildman–Crippen MR) is 179 cm³/mol. The van der Waals surface area contributed by atoms with E-state index in [1.54, 1.807) is 23.5 Å². The lowest BCUT2D eigenvalue weighted by Gasteiger charge is -2.25. The van der Waals surface area contributed by atoms with Crippen molar-refractivity contribution in [1.82, 2.24) is 0 Å². The number of unbranched alkanes of at least 4 members (excludes halogenated alkanes) is 18. The van der Waals surface area contributed by atoms with Gasteiger partial charge in [0.1, 0.15) is 0 Å². The predicted octanol–water partition coefficient (Wildman–Crippen LogP) is 11.3. The SMILES string of the molecule is CCCCCCCCCCCCSC(CCC(SCCCCCCCCCCCC)C(C)C(=O)O)C(C)C(=O)O. The van der Waals surface area contributed by atoms with E-state index in [4.69, 9.17) is 0 Å². The van der Waals surface area contributed by atoms with Gasteiger partial charge in [-0.05, 0) is 37.2 Å². The van der Waals surface area contributed by atoms with Gasteiger partial charge in [0.05, 0.1) is 11.8 Å². The van der Waals surface area contributed by atoms with Crippen LogP contribution in [0.1, 0.15) is 169 Å². The minimum absolute atomic E-state index is 0.0532. The highest BCUT2D eigenvalue weighted by atomic mass is 32.2. The molecule has 6 heteroatoms. The molecule has 0 aliphatic carbocycles. The van der Waals surface area contributed by atoms with Gasteiger partial charge >= 0.3 is 11.9 Å². The molecule has 0 aromatic heterocycles. The van der Waals surface area contributed by atoms with Crippen molar-refractivity contribution in [3.05, 3.63) is 0 Å².